The average molecular weight is 160 g/mol. The maximum absolute atomic E-state index is 10.5. The molecule has 4 heteroatoms. The molecule has 0 heterocycles. The monoisotopic (exact) mass is 160 g/mol. The predicted molar refractivity (Wildman–Crippen MR) is 42.9 cm³/mol. The van der Waals surface area contributed by atoms with E-state index in [0.29, 0.717) is 6.54 Å². The summed E-state index contributed by atoms with van der Waals surface area (Å²) < 4.78 is 5.25. The molecule has 1 unspecified atom stereocenters. The van der Waals surface area contributed by atoms with E-state index in [1.807, 2.05) is 13.8 Å². The van der Waals surface area contributed by atoms with Crippen molar-refractivity contribution in [2.75, 3.05) is 6.54 Å². The number of carbonyl (C=O) groups excluding carboxylic acids is 1. The molecule has 4 N–H and O–H groups in total. The largest absolute Gasteiger partial charge is 0.367 e. The van der Waals surface area contributed by atoms with E-state index in [2.05, 4.69) is 0 Å². The van der Waals surface area contributed by atoms with Gasteiger partial charge in [0.2, 0.25) is 5.91 Å². The Labute approximate surface area is 66.9 Å². The maximum atomic E-state index is 10.5. The van der Waals surface area contributed by atoms with E-state index in [9.17, 15) is 4.79 Å². The van der Waals surface area contributed by atoms with E-state index < -0.39 is 17.6 Å². The highest BCUT2D eigenvalue weighted by Gasteiger charge is 2.21. The molecule has 0 radical (unpaired) electrons. The Hall–Kier alpha value is -0.610. The van der Waals surface area contributed by atoms with E-state index >= 15 is 0 Å². The van der Waals surface area contributed by atoms with Crippen molar-refractivity contribution >= 4 is 5.91 Å². The Morgan fingerprint density at radius 1 is 1.64 bits per heavy atom. The minimum atomic E-state index is -0.575. The van der Waals surface area contributed by atoms with Crippen LogP contribution in [0.15, 0.2) is 0 Å². The molecule has 0 aliphatic carbocycles. The molecule has 0 spiro atoms. The van der Waals surface area contributed by atoms with Gasteiger partial charge in [0.15, 0.2) is 0 Å². The lowest BCUT2D eigenvalue weighted by Crippen LogP contribution is -2.41. The number of primary amides is 1. The second-order valence-electron chi connectivity index (χ2n) is 3.13. The van der Waals surface area contributed by atoms with E-state index in [4.69, 9.17) is 16.2 Å². The van der Waals surface area contributed by atoms with Gasteiger partial charge in [0.1, 0.15) is 6.10 Å². The van der Waals surface area contributed by atoms with Crippen molar-refractivity contribution < 1.29 is 9.53 Å². The second kappa shape index (κ2) is 3.69. The van der Waals surface area contributed by atoms with Crippen molar-refractivity contribution in [1.29, 1.82) is 0 Å². The highest BCUT2D eigenvalue weighted by molar-refractivity contribution is 5.78. The molecule has 0 aliphatic heterocycles. The SMILES string of the molecule is CC(OC(C)(C)CN)C(N)=O. The number of ether oxygens (including phenoxy) is 1. The molecule has 0 fully saturated rings. The minimum absolute atomic E-state index is 0.366. The molecule has 0 bridgehead atoms. The van der Waals surface area contributed by atoms with Gasteiger partial charge in [-0.25, -0.2) is 0 Å². The van der Waals surface area contributed by atoms with E-state index in [-0.39, 0.29) is 0 Å². The molecule has 4 nitrogen and oxygen atoms in total. The van der Waals surface area contributed by atoms with Crippen LogP contribution in [0.5, 0.6) is 0 Å². The Bertz CT molecular complexity index is 145. The number of rotatable bonds is 4. The van der Waals surface area contributed by atoms with Gasteiger partial charge in [-0.05, 0) is 20.8 Å². The van der Waals surface area contributed by atoms with Gasteiger partial charge in [0.05, 0.1) is 5.60 Å². The molecule has 66 valence electrons. The Kier molecular flexibility index (Phi) is 3.48. The van der Waals surface area contributed by atoms with Gasteiger partial charge in [-0.2, -0.15) is 0 Å². The highest BCUT2D eigenvalue weighted by Crippen LogP contribution is 2.09. The maximum Gasteiger partial charge on any atom is 0.246 e. The summed E-state index contributed by atoms with van der Waals surface area (Å²) in [6.45, 7) is 5.60. The lowest BCUT2D eigenvalue weighted by Gasteiger charge is -2.25. The van der Waals surface area contributed by atoms with Crippen LogP contribution >= 0.6 is 0 Å². The first-order valence-corrected chi connectivity index (χ1v) is 3.56. The van der Waals surface area contributed by atoms with Gasteiger partial charge < -0.3 is 16.2 Å². The van der Waals surface area contributed by atoms with E-state index in [0.717, 1.165) is 0 Å². The molecule has 0 aromatic heterocycles. The quantitative estimate of drug-likeness (QED) is 0.588. The van der Waals surface area contributed by atoms with Crippen LogP contribution < -0.4 is 11.5 Å². The van der Waals surface area contributed by atoms with Crippen molar-refractivity contribution in [3.8, 4) is 0 Å². The first-order valence-electron chi connectivity index (χ1n) is 3.56. The second-order valence-corrected chi connectivity index (χ2v) is 3.13. The normalized spacial score (nSPS) is 14.5. The fourth-order valence-corrected chi connectivity index (χ4v) is 0.585. The minimum Gasteiger partial charge on any atom is -0.367 e. The molecule has 0 saturated heterocycles. The van der Waals surface area contributed by atoms with E-state index in [1.54, 1.807) is 6.92 Å². The lowest BCUT2D eigenvalue weighted by atomic mass is 10.1. The number of hydrogen-bond acceptors (Lipinski definition) is 3. The molecule has 1 amide bonds. The first kappa shape index (κ1) is 10.4. The summed E-state index contributed by atoms with van der Waals surface area (Å²) in [5.74, 6) is -0.466. The summed E-state index contributed by atoms with van der Waals surface area (Å²) in [5, 5.41) is 0. The zero-order chi connectivity index (χ0) is 9.07. The van der Waals surface area contributed by atoms with Crippen molar-refractivity contribution in [1.82, 2.24) is 0 Å². The molecule has 0 rings (SSSR count). The van der Waals surface area contributed by atoms with E-state index in [1.165, 1.54) is 0 Å². The number of amides is 1. The zero-order valence-electron chi connectivity index (χ0n) is 7.26. The van der Waals surface area contributed by atoms with Crippen LogP contribution in [0.1, 0.15) is 20.8 Å². The third-order valence-electron chi connectivity index (χ3n) is 1.39. The van der Waals surface area contributed by atoms with Crippen molar-refractivity contribution in [2.24, 2.45) is 11.5 Å². The van der Waals surface area contributed by atoms with Crippen LogP contribution in [0.2, 0.25) is 0 Å². The van der Waals surface area contributed by atoms with Crippen molar-refractivity contribution in [3.05, 3.63) is 0 Å². The van der Waals surface area contributed by atoms with Crippen LogP contribution in [-0.2, 0) is 9.53 Å². The average Bonchev–Trinajstić information content (AvgIpc) is 1.87. The molecule has 1 atom stereocenters. The van der Waals surface area contributed by atoms with Crippen LogP contribution in [0.3, 0.4) is 0 Å². The Morgan fingerprint density at radius 2 is 2.09 bits per heavy atom. The molecular weight excluding hydrogens is 144 g/mol. The van der Waals surface area contributed by atoms with Crippen molar-refractivity contribution in [3.63, 3.8) is 0 Å². The van der Waals surface area contributed by atoms with Gasteiger partial charge in [-0.1, -0.05) is 0 Å². The summed E-state index contributed by atoms with van der Waals surface area (Å²) in [6, 6.07) is 0. The fraction of sp³-hybridized carbons (Fsp3) is 0.857. The third-order valence-corrected chi connectivity index (χ3v) is 1.39. The number of nitrogens with two attached hydrogens (primary N) is 2. The number of hydrogen-bond donors (Lipinski definition) is 2. The summed E-state index contributed by atoms with van der Waals surface area (Å²) in [4.78, 5) is 10.5. The Balaban J connectivity index is 3.93. The molecule has 11 heavy (non-hydrogen) atoms. The molecular formula is C7H16N2O2. The van der Waals surface area contributed by atoms with Crippen LogP contribution in [0, 0.1) is 0 Å². The first-order chi connectivity index (χ1) is 4.89. The zero-order valence-corrected chi connectivity index (χ0v) is 7.26. The van der Waals surface area contributed by atoms with Crippen LogP contribution in [0.25, 0.3) is 0 Å². The standard InChI is InChI=1S/C7H16N2O2/c1-5(6(9)10)11-7(2,3)4-8/h5H,4,8H2,1-3H3,(H2,9,10). The molecule has 0 aromatic rings. The Morgan fingerprint density at radius 3 is 2.36 bits per heavy atom. The summed E-state index contributed by atoms with van der Waals surface area (Å²) in [5.41, 5.74) is 9.89. The van der Waals surface area contributed by atoms with Crippen LogP contribution in [0.4, 0.5) is 0 Å². The van der Waals surface area contributed by atoms with Gasteiger partial charge in [-0.15, -0.1) is 0 Å². The molecule has 0 aliphatic rings. The fourth-order valence-electron chi connectivity index (χ4n) is 0.585. The van der Waals surface area contributed by atoms with Gasteiger partial charge in [-0.3, -0.25) is 4.79 Å². The van der Waals surface area contributed by atoms with Gasteiger partial charge >= 0.3 is 0 Å². The molecule has 0 aromatic carbocycles. The summed E-state index contributed by atoms with van der Waals surface area (Å²) >= 11 is 0. The lowest BCUT2D eigenvalue weighted by molar-refractivity contribution is -0.137. The molecule has 0 saturated carbocycles. The van der Waals surface area contributed by atoms with Crippen molar-refractivity contribution in [2.45, 2.75) is 32.5 Å². The van der Waals surface area contributed by atoms with Gasteiger partial charge in [0.25, 0.3) is 0 Å². The topological polar surface area (TPSA) is 78.3 Å². The summed E-state index contributed by atoms with van der Waals surface area (Å²) in [6.07, 6.45) is -0.575. The smallest absolute Gasteiger partial charge is 0.246 e. The van der Waals surface area contributed by atoms with Crippen LogP contribution in [-0.4, -0.2) is 24.2 Å². The highest BCUT2D eigenvalue weighted by atomic mass is 16.5. The predicted octanol–water partition coefficient (Wildman–Crippen LogP) is -0.386. The summed E-state index contributed by atoms with van der Waals surface area (Å²) in [7, 11) is 0. The van der Waals surface area contributed by atoms with Gasteiger partial charge in [0, 0.05) is 6.54 Å². The number of carbonyl (C=O) groups is 1. The third kappa shape index (κ3) is 3.95.